The summed E-state index contributed by atoms with van der Waals surface area (Å²) in [5, 5.41) is 0. The number of likely N-dealkylation sites (tertiary alicyclic amines) is 1. The molecule has 3 aliphatic heterocycles. The first-order chi connectivity index (χ1) is 13.6. The van der Waals surface area contributed by atoms with Crippen LogP contribution in [0.2, 0.25) is 0 Å². The molecule has 4 heterocycles. The molecule has 1 aromatic rings. The number of anilines is 1. The van der Waals surface area contributed by atoms with Gasteiger partial charge in [0.15, 0.2) is 0 Å². The molecule has 28 heavy (non-hydrogen) atoms. The van der Waals surface area contributed by atoms with Crippen LogP contribution in [-0.2, 0) is 16.0 Å². The van der Waals surface area contributed by atoms with Crippen LogP contribution in [-0.4, -0.2) is 59.7 Å². The summed E-state index contributed by atoms with van der Waals surface area (Å²) in [4.78, 5) is 26.2. The summed E-state index contributed by atoms with van der Waals surface area (Å²) in [6, 6.07) is 0. The molecule has 3 aliphatic rings. The molecule has 0 aromatic carbocycles. The van der Waals surface area contributed by atoms with Crippen LogP contribution in [0.25, 0.3) is 0 Å². The van der Waals surface area contributed by atoms with E-state index in [2.05, 4.69) is 21.7 Å². The monoisotopic (exact) mass is 386 g/mol. The van der Waals surface area contributed by atoms with Gasteiger partial charge in [0.2, 0.25) is 5.91 Å². The maximum atomic E-state index is 12.5. The molecule has 6 heteroatoms. The zero-order chi connectivity index (χ0) is 19.6. The number of carbonyl (C=O) groups is 1. The quantitative estimate of drug-likeness (QED) is 0.778. The number of amides is 1. The third kappa shape index (κ3) is 4.17. The van der Waals surface area contributed by atoms with Gasteiger partial charge in [0.1, 0.15) is 11.6 Å². The van der Waals surface area contributed by atoms with E-state index in [1.54, 1.807) is 0 Å². The van der Waals surface area contributed by atoms with E-state index >= 15 is 0 Å². The van der Waals surface area contributed by atoms with Crippen molar-refractivity contribution < 1.29 is 9.53 Å². The Kier molecular flexibility index (Phi) is 5.85. The maximum absolute atomic E-state index is 12.5. The van der Waals surface area contributed by atoms with Crippen LogP contribution in [0.4, 0.5) is 5.82 Å². The van der Waals surface area contributed by atoms with Crippen LogP contribution in [0, 0.1) is 12.3 Å². The zero-order valence-corrected chi connectivity index (χ0v) is 17.5. The second-order valence-electron chi connectivity index (χ2n) is 8.91. The molecule has 6 nitrogen and oxygen atoms in total. The summed E-state index contributed by atoms with van der Waals surface area (Å²) in [7, 11) is 0. The van der Waals surface area contributed by atoms with Crippen LogP contribution < -0.4 is 4.90 Å². The van der Waals surface area contributed by atoms with Crippen LogP contribution in [0.3, 0.4) is 0 Å². The lowest BCUT2D eigenvalue weighted by Crippen LogP contribution is -2.53. The van der Waals surface area contributed by atoms with E-state index in [0.717, 1.165) is 89.4 Å². The fourth-order valence-corrected chi connectivity index (χ4v) is 5.11. The number of hydrogen-bond acceptors (Lipinski definition) is 5. The number of hydrogen-bond donors (Lipinski definition) is 0. The van der Waals surface area contributed by atoms with E-state index in [0.29, 0.717) is 12.3 Å². The summed E-state index contributed by atoms with van der Waals surface area (Å²) in [5.41, 5.74) is 1.54. The molecule has 0 unspecified atom stereocenters. The summed E-state index contributed by atoms with van der Waals surface area (Å²) in [5.74, 6) is 2.30. The molecule has 1 spiro atoms. The van der Waals surface area contributed by atoms with Crippen LogP contribution in [0.5, 0.6) is 0 Å². The molecule has 0 N–H and O–H groups in total. The maximum Gasteiger partial charge on any atom is 0.222 e. The predicted octanol–water partition coefficient (Wildman–Crippen LogP) is 3.13. The number of rotatable bonds is 5. The van der Waals surface area contributed by atoms with Crippen molar-refractivity contribution in [2.45, 2.75) is 71.3 Å². The van der Waals surface area contributed by atoms with Crippen molar-refractivity contribution >= 4 is 11.7 Å². The highest BCUT2D eigenvalue weighted by Crippen LogP contribution is 2.41. The smallest absolute Gasteiger partial charge is 0.222 e. The summed E-state index contributed by atoms with van der Waals surface area (Å²) >= 11 is 0. The van der Waals surface area contributed by atoms with Gasteiger partial charge in [-0.15, -0.1) is 0 Å². The Morgan fingerprint density at radius 2 is 2.11 bits per heavy atom. The van der Waals surface area contributed by atoms with Gasteiger partial charge < -0.3 is 14.5 Å². The number of piperidine rings is 2. The first-order valence-corrected chi connectivity index (χ1v) is 11.1. The molecular weight excluding hydrogens is 352 g/mol. The summed E-state index contributed by atoms with van der Waals surface area (Å²) in [6.45, 7) is 8.77. The highest BCUT2D eigenvalue weighted by molar-refractivity contribution is 5.77. The van der Waals surface area contributed by atoms with Gasteiger partial charge in [-0.2, -0.15) is 0 Å². The molecule has 1 aromatic heterocycles. The largest absolute Gasteiger partial charge is 0.376 e. The van der Waals surface area contributed by atoms with Crippen molar-refractivity contribution in [2.24, 2.45) is 5.41 Å². The van der Waals surface area contributed by atoms with Crippen molar-refractivity contribution in [3.63, 3.8) is 0 Å². The average molecular weight is 387 g/mol. The molecule has 154 valence electrons. The Morgan fingerprint density at radius 1 is 1.29 bits per heavy atom. The van der Waals surface area contributed by atoms with E-state index in [-0.39, 0.29) is 11.5 Å². The molecule has 0 bridgehead atoms. The minimum absolute atomic E-state index is 0.250. The van der Waals surface area contributed by atoms with Crippen LogP contribution >= 0.6 is 0 Å². The van der Waals surface area contributed by atoms with Gasteiger partial charge in [0, 0.05) is 51.0 Å². The third-order valence-electron chi connectivity index (χ3n) is 6.80. The number of carbonyl (C=O) groups excluding carboxylic acids is 1. The molecule has 3 fully saturated rings. The topological polar surface area (TPSA) is 58.6 Å². The Labute approximate surface area is 168 Å². The minimum atomic E-state index is 0.250. The Balaban J connectivity index is 1.41. The Hall–Kier alpha value is -1.69. The normalized spacial score (nSPS) is 24.9. The number of nitrogens with zero attached hydrogens (tertiary/aromatic N) is 4. The summed E-state index contributed by atoms with van der Waals surface area (Å²) in [6.07, 6.45) is 10.6. The lowest BCUT2D eigenvalue weighted by atomic mass is 9.72. The third-order valence-corrected chi connectivity index (χ3v) is 6.80. The van der Waals surface area contributed by atoms with Gasteiger partial charge in [-0.3, -0.25) is 4.79 Å². The SMILES string of the molecule is CCCc1cnc(C)nc1N1CCC2(CCC(=O)N(C[C@H]3CCCO3)C2)CC1. The van der Waals surface area contributed by atoms with Crippen molar-refractivity contribution in [1.29, 1.82) is 0 Å². The Bertz CT molecular complexity index is 694. The van der Waals surface area contributed by atoms with Crippen molar-refractivity contribution in [3.8, 4) is 0 Å². The first-order valence-electron chi connectivity index (χ1n) is 11.1. The highest BCUT2D eigenvalue weighted by atomic mass is 16.5. The van der Waals surface area contributed by atoms with E-state index in [4.69, 9.17) is 9.72 Å². The highest BCUT2D eigenvalue weighted by Gasteiger charge is 2.42. The van der Waals surface area contributed by atoms with Crippen LogP contribution in [0.1, 0.15) is 63.3 Å². The molecule has 0 saturated carbocycles. The molecular formula is C22H34N4O2. The van der Waals surface area contributed by atoms with Gasteiger partial charge >= 0.3 is 0 Å². The molecule has 0 radical (unpaired) electrons. The minimum Gasteiger partial charge on any atom is -0.376 e. The number of aryl methyl sites for hydroxylation is 2. The van der Waals surface area contributed by atoms with Gasteiger partial charge in [-0.1, -0.05) is 13.3 Å². The molecule has 0 aliphatic carbocycles. The lowest BCUT2D eigenvalue weighted by Gasteiger charge is -2.48. The van der Waals surface area contributed by atoms with Gasteiger partial charge in [-0.25, -0.2) is 9.97 Å². The Morgan fingerprint density at radius 3 is 2.82 bits per heavy atom. The number of ether oxygens (including phenoxy) is 1. The van der Waals surface area contributed by atoms with E-state index < -0.39 is 0 Å². The van der Waals surface area contributed by atoms with E-state index in [1.165, 1.54) is 5.56 Å². The van der Waals surface area contributed by atoms with E-state index in [1.807, 2.05) is 13.1 Å². The van der Waals surface area contributed by atoms with Crippen molar-refractivity contribution in [3.05, 3.63) is 17.6 Å². The molecule has 3 saturated heterocycles. The van der Waals surface area contributed by atoms with Crippen molar-refractivity contribution in [2.75, 3.05) is 37.7 Å². The van der Waals surface area contributed by atoms with Crippen LogP contribution in [0.15, 0.2) is 6.20 Å². The predicted molar refractivity (Wildman–Crippen MR) is 109 cm³/mol. The standard InChI is InChI=1S/C22H34N4O2/c1-3-5-18-14-23-17(2)24-21(18)25-11-9-22(10-12-25)8-7-20(27)26(16-22)15-19-6-4-13-28-19/h14,19H,3-13,15-16H2,1-2H3/t19-/m1/s1. The molecule has 1 amide bonds. The van der Waals surface area contributed by atoms with E-state index in [9.17, 15) is 4.79 Å². The van der Waals surface area contributed by atoms with Gasteiger partial charge in [-0.05, 0) is 50.9 Å². The second kappa shape index (κ2) is 8.36. The average Bonchev–Trinajstić information content (AvgIpc) is 3.20. The lowest BCUT2D eigenvalue weighted by molar-refractivity contribution is -0.140. The number of aromatic nitrogens is 2. The van der Waals surface area contributed by atoms with Gasteiger partial charge in [0.05, 0.1) is 6.10 Å². The second-order valence-corrected chi connectivity index (χ2v) is 8.91. The summed E-state index contributed by atoms with van der Waals surface area (Å²) < 4.78 is 5.79. The molecule has 1 atom stereocenters. The van der Waals surface area contributed by atoms with Gasteiger partial charge in [0.25, 0.3) is 0 Å². The fraction of sp³-hybridized carbons (Fsp3) is 0.773. The van der Waals surface area contributed by atoms with Crippen molar-refractivity contribution in [1.82, 2.24) is 14.9 Å². The first kappa shape index (κ1) is 19.6. The molecule has 4 rings (SSSR count). The zero-order valence-electron chi connectivity index (χ0n) is 17.5. The fourth-order valence-electron chi connectivity index (χ4n) is 5.11.